The van der Waals surface area contributed by atoms with E-state index >= 15 is 0 Å². The van der Waals surface area contributed by atoms with Crippen LogP contribution in [0.4, 0.5) is 0 Å². The molecule has 0 bridgehead atoms. The fourth-order valence-corrected chi connectivity index (χ4v) is 4.80. The molecule has 2 aliphatic rings. The maximum atomic E-state index is 12.4. The number of β-lactam (4-membered cyclic amide) rings is 1. The second-order valence-corrected chi connectivity index (χ2v) is 7.64. The van der Waals surface area contributed by atoms with Crippen LogP contribution < -0.4 is 5.32 Å². The average molecular weight is 380 g/mol. The van der Waals surface area contributed by atoms with Gasteiger partial charge in [-0.2, -0.15) is 0 Å². The Morgan fingerprint density at radius 2 is 2.24 bits per heavy atom. The molecular formula is C16H16N2O5S2. The lowest BCUT2D eigenvalue weighted by Crippen LogP contribution is -2.74. The van der Waals surface area contributed by atoms with Crippen LogP contribution in [0, 0.1) is 0 Å². The second-order valence-electron chi connectivity index (χ2n) is 5.61. The number of aliphatic hydroxyl groups is 1. The Balaban J connectivity index is 1.72. The van der Waals surface area contributed by atoms with Crippen LogP contribution in [0.2, 0.25) is 0 Å². The molecule has 3 heterocycles. The molecule has 2 aliphatic heterocycles. The van der Waals surface area contributed by atoms with Gasteiger partial charge in [0.2, 0.25) is 11.8 Å². The number of fused-ring (bicyclic) bond motifs is 1. The zero-order chi connectivity index (χ0) is 18.1. The Bertz CT molecular complexity index is 746. The Kier molecular flexibility index (Phi) is 4.98. The molecule has 3 N–H and O–H groups in total. The van der Waals surface area contributed by atoms with Gasteiger partial charge in [0.05, 0.1) is 12.5 Å². The van der Waals surface area contributed by atoms with E-state index in [0.29, 0.717) is 0 Å². The second kappa shape index (κ2) is 7.03. The van der Waals surface area contributed by atoms with Crippen molar-refractivity contribution in [2.24, 2.45) is 0 Å². The van der Waals surface area contributed by atoms with Crippen molar-refractivity contribution in [2.75, 3.05) is 0 Å². The molecule has 132 valence electrons. The molecule has 1 aromatic rings. The summed E-state index contributed by atoms with van der Waals surface area (Å²) < 4.78 is 0. The van der Waals surface area contributed by atoms with E-state index in [2.05, 4.69) is 11.9 Å². The molecular weight excluding hydrogens is 364 g/mol. The summed E-state index contributed by atoms with van der Waals surface area (Å²) in [6.07, 6.45) is 0.250. The molecule has 0 radical (unpaired) electrons. The summed E-state index contributed by atoms with van der Waals surface area (Å²) in [5.41, 5.74) is 0.195. The normalized spacial score (nSPS) is 26.1. The molecule has 0 aliphatic carbocycles. The minimum atomic E-state index is -1.25. The number of thiophene rings is 1. The van der Waals surface area contributed by atoms with Crippen LogP contribution in [-0.2, 0) is 20.8 Å². The number of aliphatic hydroxyl groups excluding tert-OH is 1. The molecule has 3 rings (SSSR count). The number of aliphatic carboxylic acids is 1. The minimum Gasteiger partial charge on any atom is -0.479 e. The first-order valence-corrected chi connectivity index (χ1v) is 9.29. The lowest BCUT2D eigenvalue weighted by Gasteiger charge is -2.51. The summed E-state index contributed by atoms with van der Waals surface area (Å²) >= 11 is 2.66. The van der Waals surface area contributed by atoms with E-state index in [1.807, 2.05) is 17.5 Å². The summed E-state index contributed by atoms with van der Waals surface area (Å²) in [5.74, 6) is -1.98. The van der Waals surface area contributed by atoms with Crippen molar-refractivity contribution in [3.8, 4) is 0 Å². The minimum absolute atomic E-state index is 0.178. The maximum Gasteiger partial charge on any atom is 0.330 e. The third kappa shape index (κ3) is 3.22. The number of carbonyl (C=O) groups excluding carboxylic acids is 2. The standard InChI is InChI=1S/C16H16N2O5S2/c1-2-10(19)9-7-25-15-12(14(21)18(15)13(9)16(22)23)17-11(20)6-8-4-3-5-24-8/h2-5,7,10,12-13,15,19H,1,6H2,(H,17,20)(H,22,23)/t10?,12-,13?,15-/m1/s1. The largest absolute Gasteiger partial charge is 0.479 e. The first-order valence-electron chi connectivity index (χ1n) is 7.46. The molecule has 25 heavy (non-hydrogen) atoms. The van der Waals surface area contributed by atoms with Gasteiger partial charge in [0.1, 0.15) is 11.4 Å². The quantitative estimate of drug-likeness (QED) is 0.492. The van der Waals surface area contributed by atoms with Gasteiger partial charge in [-0.15, -0.1) is 29.7 Å². The first kappa shape index (κ1) is 17.7. The lowest BCUT2D eigenvalue weighted by molar-refractivity contribution is -0.160. The number of hydrogen-bond donors (Lipinski definition) is 3. The summed E-state index contributed by atoms with van der Waals surface area (Å²) in [6, 6.07) is 1.66. The summed E-state index contributed by atoms with van der Waals surface area (Å²) in [5, 5.41) is 24.9. The predicted molar refractivity (Wildman–Crippen MR) is 93.9 cm³/mol. The number of hydrogen-bond acceptors (Lipinski definition) is 6. The van der Waals surface area contributed by atoms with Crippen molar-refractivity contribution in [3.05, 3.63) is 46.0 Å². The number of amides is 2. The van der Waals surface area contributed by atoms with E-state index in [1.165, 1.54) is 39.5 Å². The number of carboxylic acids is 1. The summed E-state index contributed by atoms with van der Waals surface area (Å²) in [4.78, 5) is 38.2. The van der Waals surface area contributed by atoms with E-state index < -0.39 is 35.4 Å². The molecule has 1 aromatic heterocycles. The van der Waals surface area contributed by atoms with Crippen LogP contribution in [0.15, 0.2) is 41.1 Å². The van der Waals surface area contributed by atoms with E-state index in [-0.39, 0.29) is 17.9 Å². The highest BCUT2D eigenvalue weighted by atomic mass is 32.2. The van der Waals surface area contributed by atoms with Gasteiger partial charge in [0, 0.05) is 10.5 Å². The molecule has 4 atom stereocenters. The molecule has 2 unspecified atom stereocenters. The van der Waals surface area contributed by atoms with Crippen molar-refractivity contribution in [3.63, 3.8) is 0 Å². The highest BCUT2D eigenvalue weighted by Gasteiger charge is 2.56. The fourth-order valence-electron chi connectivity index (χ4n) is 2.84. The number of thioether (sulfide) groups is 1. The van der Waals surface area contributed by atoms with E-state index in [4.69, 9.17) is 0 Å². The van der Waals surface area contributed by atoms with Crippen molar-refractivity contribution >= 4 is 40.9 Å². The Morgan fingerprint density at radius 1 is 1.48 bits per heavy atom. The van der Waals surface area contributed by atoms with Crippen molar-refractivity contribution in [2.45, 2.75) is 30.0 Å². The van der Waals surface area contributed by atoms with Crippen LogP contribution in [0.5, 0.6) is 0 Å². The molecule has 0 saturated carbocycles. The number of rotatable bonds is 6. The zero-order valence-electron chi connectivity index (χ0n) is 13.0. The van der Waals surface area contributed by atoms with Crippen LogP contribution in [0.1, 0.15) is 4.88 Å². The number of carbonyl (C=O) groups is 3. The lowest BCUT2D eigenvalue weighted by atomic mass is 9.95. The topological polar surface area (TPSA) is 107 Å². The van der Waals surface area contributed by atoms with Crippen LogP contribution in [-0.4, -0.2) is 56.5 Å². The van der Waals surface area contributed by atoms with E-state index in [1.54, 1.807) is 0 Å². The summed E-state index contributed by atoms with van der Waals surface area (Å²) in [6.45, 7) is 3.45. The van der Waals surface area contributed by atoms with Gasteiger partial charge in [-0.3, -0.25) is 9.59 Å². The van der Waals surface area contributed by atoms with Crippen LogP contribution in [0.25, 0.3) is 0 Å². The Labute approximate surface area is 152 Å². The zero-order valence-corrected chi connectivity index (χ0v) is 14.6. The first-order chi connectivity index (χ1) is 11.9. The Hall–Kier alpha value is -2.10. The Morgan fingerprint density at radius 3 is 2.84 bits per heavy atom. The van der Waals surface area contributed by atoms with Crippen molar-refractivity contribution < 1.29 is 24.6 Å². The predicted octanol–water partition coefficient (Wildman–Crippen LogP) is 0.574. The van der Waals surface area contributed by atoms with Gasteiger partial charge in [0.25, 0.3) is 0 Å². The van der Waals surface area contributed by atoms with Gasteiger partial charge in [-0.05, 0) is 16.9 Å². The van der Waals surface area contributed by atoms with Gasteiger partial charge < -0.3 is 20.4 Å². The van der Waals surface area contributed by atoms with Gasteiger partial charge >= 0.3 is 5.97 Å². The van der Waals surface area contributed by atoms with E-state index in [9.17, 15) is 24.6 Å². The monoisotopic (exact) mass is 380 g/mol. The van der Waals surface area contributed by atoms with Crippen LogP contribution >= 0.6 is 23.1 Å². The number of nitrogens with zero attached hydrogens (tertiary/aromatic N) is 1. The SMILES string of the molecule is C=CC(O)C1=CS[C@@H]2[C@H](NC(=O)Cc3cccs3)C(=O)N2C1C(=O)O. The highest BCUT2D eigenvalue weighted by molar-refractivity contribution is 8.03. The van der Waals surface area contributed by atoms with Crippen LogP contribution in [0.3, 0.4) is 0 Å². The number of nitrogens with one attached hydrogen (secondary N) is 1. The molecule has 1 fully saturated rings. The molecule has 2 amide bonds. The maximum absolute atomic E-state index is 12.4. The third-order valence-corrected chi connectivity index (χ3v) is 6.11. The van der Waals surface area contributed by atoms with Gasteiger partial charge in [0.15, 0.2) is 6.04 Å². The third-order valence-electron chi connectivity index (χ3n) is 4.05. The van der Waals surface area contributed by atoms with E-state index in [0.717, 1.165) is 4.88 Å². The van der Waals surface area contributed by atoms with Gasteiger partial charge in [-0.25, -0.2) is 4.79 Å². The summed E-state index contributed by atoms with van der Waals surface area (Å²) in [7, 11) is 0. The smallest absolute Gasteiger partial charge is 0.330 e. The van der Waals surface area contributed by atoms with Gasteiger partial charge in [-0.1, -0.05) is 12.1 Å². The molecule has 0 aromatic carbocycles. The molecule has 1 saturated heterocycles. The fraction of sp³-hybridized carbons (Fsp3) is 0.312. The molecule has 0 spiro atoms. The molecule has 9 heteroatoms. The van der Waals surface area contributed by atoms with Crippen molar-refractivity contribution in [1.29, 1.82) is 0 Å². The molecule has 7 nitrogen and oxygen atoms in total. The van der Waals surface area contributed by atoms with Crippen molar-refractivity contribution in [1.82, 2.24) is 10.2 Å². The average Bonchev–Trinajstić information content (AvgIpc) is 3.10. The number of carboxylic acid groups (broad SMARTS) is 1. The highest BCUT2D eigenvalue weighted by Crippen LogP contribution is 2.41.